The fourth-order valence-corrected chi connectivity index (χ4v) is 0.757. The summed E-state index contributed by atoms with van der Waals surface area (Å²) in [6.07, 6.45) is 0. The Morgan fingerprint density at radius 1 is 1.56 bits per heavy atom. The second-order valence-corrected chi connectivity index (χ2v) is 2.48. The molecule has 1 aromatic heterocycles. The Hall–Kier alpha value is -0.280. The van der Waals surface area contributed by atoms with Crippen LogP contribution in [-0.2, 0) is 0 Å². The number of nitrogens with zero attached hydrogens (tertiary/aromatic N) is 2. The molecule has 0 bridgehead atoms. The third-order valence-corrected chi connectivity index (χ3v) is 1.56. The van der Waals surface area contributed by atoms with E-state index in [1.165, 1.54) is 0 Å². The molecule has 0 N–H and O–H groups in total. The molecule has 4 heteroatoms. The average Bonchev–Trinajstić information content (AvgIpc) is 1.80. The van der Waals surface area contributed by atoms with E-state index in [2.05, 4.69) is 22.8 Å². The average molecular weight is 161 g/mol. The molecule has 0 aliphatic heterocycles. The van der Waals surface area contributed by atoms with Gasteiger partial charge in [0.2, 0.25) is 0 Å². The van der Waals surface area contributed by atoms with Crippen LogP contribution < -0.4 is 0 Å². The minimum Gasteiger partial charge on any atom is -0.143 e. The van der Waals surface area contributed by atoms with Gasteiger partial charge in [0.05, 0.1) is 0 Å². The second kappa shape index (κ2) is 2.54. The third-order valence-electron chi connectivity index (χ3n) is 0.929. The summed E-state index contributed by atoms with van der Waals surface area (Å²) in [6, 6.07) is 1.72. The molecule has 0 aromatic carbocycles. The van der Waals surface area contributed by atoms with Crippen LogP contribution in [0.1, 0.15) is 5.56 Å². The fraction of sp³-hybridized carbons (Fsp3) is 0.200. The highest BCUT2D eigenvalue weighted by atomic mass is 35.5. The van der Waals surface area contributed by atoms with Gasteiger partial charge in [-0.15, -0.1) is 22.8 Å². The molecule has 48 valence electrons. The minimum absolute atomic E-state index is 0.408. The molecule has 0 aliphatic carbocycles. The quantitative estimate of drug-likeness (QED) is 0.585. The summed E-state index contributed by atoms with van der Waals surface area (Å²) in [5.74, 6) is 0. The molecular formula is C5H5ClN2S. The minimum atomic E-state index is 0.408. The van der Waals surface area contributed by atoms with E-state index in [1.807, 2.05) is 6.92 Å². The lowest BCUT2D eigenvalue weighted by Crippen LogP contribution is -1.86. The number of rotatable bonds is 0. The molecule has 0 saturated heterocycles. The van der Waals surface area contributed by atoms with E-state index in [0.29, 0.717) is 10.2 Å². The van der Waals surface area contributed by atoms with Gasteiger partial charge in [-0.05, 0) is 18.6 Å². The van der Waals surface area contributed by atoms with E-state index in [9.17, 15) is 0 Å². The maximum Gasteiger partial charge on any atom is 0.152 e. The lowest BCUT2D eigenvalue weighted by atomic mass is 10.4. The van der Waals surface area contributed by atoms with Crippen LogP contribution >= 0.6 is 24.2 Å². The molecule has 2 nitrogen and oxygen atoms in total. The van der Waals surface area contributed by atoms with Crippen molar-refractivity contribution in [2.24, 2.45) is 0 Å². The van der Waals surface area contributed by atoms with Crippen LogP contribution in [0.4, 0.5) is 0 Å². The van der Waals surface area contributed by atoms with Crippen LogP contribution in [0, 0.1) is 6.92 Å². The molecule has 0 aliphatic rings. The topological polar surface area (TPSA) is 25.8 Å². The van der Waals surface area contributed by atoms with Gasteiger partial charge in [0.1, 0.15) is 5.03 Å². The first-order chi connectivity index (χ1) is 4.20. The van der Waals surface area contributed by atoms with Gasteiger partial charge >= 0.3 is 0 Å². The van der Waals surface area contributed by atoms with Crippen molar-refractivity contribution in [3.05, 3.63) is 16.8 Å². The zero-order valence-electron chi connectivity index (χ0n) is 4.80. The molecule has 1 aromatic rings. The highest BCUT2D eigenvalue weighted by Crippen LogP contribution is 2.11. The van der Waals surface area contributed by atoms with Crippen LogP contribution in [0.15, 0.2) is 11.1 Å². The summed E-state index contributed by atoms with van der Waals surface area (Å²) in [6.45, 7) is 1.88. The van der Waals surface area contributed by atoms with Gasteiger partial charge in [-0.25, -0.2) is 0 Å². The molecule has 1 rings (SSSR count). The van der Waals surface area contributed by atoms with Gasteiger partial charge in [-0.2, -0.15) is 0 Å². The molecule has 0 atom stereocenters. The summed E-state index contributed by atoms with van der Waals surface area (Å²) < 4.78 is 0. The van der Waals surface area contributed by atoms with Crippen molar-refractivity contribution in [3.63, 3.8) is 0 Å². The van der Waals surface area contributed by atoms with Gasteiger partial charge in [0, 0.05) is 0 Å². The smallest absolute Gasteiger partial charge is 0.143 e. The zero-order chi connectivity index (χ0) is 6.85. The molecule has 0 spiro atoms. The lowest BCUT2D eigenvalue weighted by molar-refractivity contribution is 0.911. The van der Waals surface area contributed by atoms with Crippen molar-refractivity contribution in [2.45, 2.75) is 11.9 Å². The van der Waals surface area contributed by atoms with E-state index in [0.717, 1.165) is 5.56 Å². The van der Waals surface area contributed by atoms with Gasteiger partial charge in [0.25, 0.3) is 0 Å². The van der Waals surface area contributed by atoms with Crippen LogP contribution in [-0.4, -0.2) is 10.2 Å². The maximum atomic E-state index is 5.51. The van der Waals surface area contributed by atoms with Crippen molar-refractivity contribution >= 4 is 24.2 Å². The Bertz CT molecular complexity index is 226. The normalized spacial score (nSPS) is 9.67. The number of hydrogen-bond acceptors (Lipinski definition) is 3. The van der Waals surface area contributed by atoms with Crippen LogP contribution in [0.3, 0.4) is 0 Å². The number of aromatic nitrogens is 2. The number of halogens is 1. The largest absolute Gasteiger partial charge is 0.152 e. The fourth-order valence-electron chi connectivity index (χ4n) is 0.446. The second-order valence-electron chi connectivity index (χ2n) is 1.67. The monoisotopic (exact) mass is 160 g/mol. The molecule has 0 saturated carbocycles. The van der Waals surface area contributed by atoms with Crippen molar-refractivity contribution in [2.75, 3.05) is 0 Å². The Labute approximate surface area is 63.7 Å². The number of hydrogen-bond donors (Lipinski definition) is 1. The maximum absolute atomic E-state index is 5.51. The van der Waals surface area contributed by atoms with Gasteiger partial charge < -0.3 is 0 Å². The van der Waals surface area contributed by atoms with Crippen LogP contribution in [0.2, 0.25) is 5.15 Å². The van der Waals surface area contributed by atoms with Gasteiger partial charge in [0.15, 0.2) is 5.15 Å². The highest BCUT2D eigenvalue weighted by molar-refractivity contribution is 7.80. The Morgan fingerprint density at radius 3 is 2.67 bits per heavy atom. The summed E-state index contributed by atoms with van der Waals surface area (Å²) in [7, 11) is 0. The molecular weight excluding hydrogens is 156 g/mol. The van der Waals surface area contributed by atoms with Gasteiger partial charge in [-0.1, -0.05) is 11.6 Å². The first-order valence-corrected chi connectivity index (χ1v) is 3.21. The van der Waals surface area contributed by atoms with Crippen molar-refractivity contribution in [1.82, 2.24) is 10.2 Å². The first kappa shape index (κ1) is 6.83. The molecule has 1 heterocycles. The summed E-state index contributed by atoms with van der Waals surface area (Å²) >= 11 is 9.52. The van der Waals surface area contributed by atoms with Crippen LogP contribution in [0.25, 0.3) is 0 Å². The molecule has 0 unspecified atom stereocenters. The van der Waals surface area contributed by atoms with Crippen molar-refractivity contribution in [3.8, 4) is 0 Å². The third kappa shape index (κ3) is 1.56. The Balaban J connectivity index is 3.17. The molecule has 0 radical (unpaired) electrons. The summed E-state index contributed by atoms with van der Waals surface area (Å²) in [4.78, 5) is 0. The van der Waals surface area contributed by atoms with Crippen molar-refractivity contribution < 1.29 is 0 Å². The summed E-state index contributed by atoms with van der Waals surface area (Å²) in [5.41, 5.74) is 0.943. The number of aryl methyl sites for hydroxylation is 1. The highest BCUT2D eigenvalue weighted by Gasteiger charge is 1.94. The van der Waals surface area contributed by atoms with E-state index in [4.69, 9.17) is 11.6 Å². The molecule has 0 fully saturated rings. The van der Waals surface area contributed by atoms with E-state index >= 15 is 0 Å². The van der Waals surface area contributed by atoms with E-state index in [-0.39, 0.29) is 0 Å². The molecule has 0 amide bonds. The lowest BCUT2D eigenvalue weighted by Gasteiger charge is -1.93. The van der Waals surface area contributed by atoms with Crippen LogP contribution in [0.5, 0.6) is 0 Å². The zero-order valence-corrected chi connectivity index (χ0v) is 6.45. The standard InChI is InChI=1S/C5H5ClN2S/c1-3-2-4(6)7-8-5(3)9/h2H,1H3,(H,8,9). The predicted molar refractivity (Wildman–Crippen MR) is 39.0 cm³/mol. The van der Waals surface area contributed by atoms with E-state index < -0.39 is 0 Å². The predicted octanol–water partition coefficient (Wildman–Crippen LogP) is 1.73. The van der Waals surface area contributed by atoms with Gasteiger partial charge in [-0.3, -0.25) is 0 Å². The van der Waals surface area contributed by atoms with E-state index in [1.54, 1.807) is 6.07 Å². The SMILES string of the molecule is Cc1cc(Cl)nnc1S. The Kier molecular flexibility index (Phi) is 1.93. The summed E-state index contributed by atoms with van der Waals surface area (Å²) in [5, 5.41) is 8.27. The number of thiol groups is 1. The molecule has 9 heavy (non-hydrogen) atoms. The Morgan fingerprint density at radius 2 is 2.22 bits per heavy atom. The first-order valence-electron chi connectivity index (χ1n) is 2.39. The van der Waals surface area contributed by atoms with Crippen molar-refractivity contribution in [1.29, 1.82) is 0 Å².